The molecule has 0 atom stereocenters. The van der Waals surface area contributed by atoms with Crippen LogP contribution in [0.5, 0.6) is 5.75 Å². The minimum Gasteiger partial charge on any atom is -0.497 e. The molecule has 154 valence electrons. The van der Waals surface area contributed by atoms with Crippen LogP contribution in [-0.4, -0.2) is 57.4 Å². The van der Waals surface area contributed by atoms with E-state index in [1.54, 1.807) is 18.4 Å². The number of halogens is 1. The summed E-state index contributed by atoms with van der Waals surface area (Å²) in [5, 5.41) is 5.36. The third kappa shape index (κ3) is 7.23. The predicted octanol–water partition coefficient (Wildman–Crippen LogP) is 3.17. The molecule has 6 nitrogen and oxygen atoms in total. The van der Waals surface area contributed by atoms with E-state index >= 15 is 0 Å². The summed E-state index contributed by atoms with van der Waals surface area (Å²) < 4.78 is 10.6. The van der Waals surface area contributed by atoms with Crippen molar-refractivity contribution in [3.8, 4) is 16.9 Å². The van der Waals surface area contributed by atoms with E-state index in [-0.39, 0.29) is 24.0 Å². The Morgan fingerprint density at radius 3 is 2.71 bits per heavy atom. The maximum atomic E-state index is 5.99. The molecule has 0 unspecified atom stereocenters. The number of hydrogen-bond acceptors (Lipinski definition) is 5. The topological polar surface area (TPSA) is 72.1 Å². The Labute approximate surface area is 188 Å². The van der Waals surface area contributed by atoms with Crippen LogP contribution in [0.25, 0.3) is 11.1 Å². The quantitative estimate of drug-likeness (QED) is 0.244. The van der Waals surface area contributed by atoms with Gasteiger partial charge >= 0.3 is 0 Å². The van der Waals surface area contributed by atoms with Crippen LogP contribution in [0.15, 0.2) is 40.7 Å². The molecule has 1 aliphatic heterocycles. The van der Waals surface area contributed by atoms with E-state index in [1.807, 2.05) is 12.1 Å². The van der Waals surface area contributed by atoms with Gasteiger partial charge in [-0.15, -0.1) is 35.3 Å². The highest BCUT2D eigenvalue weighted by molar-refractivity contribution is 14.0. The van der Waals surface area contributed by atoms with Gasteiger partial charge < -0.3 is 20.5 Å². The van der Waals surface area contributed by atoms with Crippen LogP contribution in [0, 0.1) is 0 Å². The van der Waals surface area contributed by atoms with Crippen LogP contribution in [0.3, 0.4) is 0 Å². The van der Waals surface area contributed by atoms with Gasteiger partial charge in [0.1, 0.15) is 5.75 Å². The van der Waals surface area contributed by atoms with Gasteiger partial charge in [0.2, 0.25) is 0 Å². The van der Waals surface area contributed by atoms with E-state index in [0.717, 1.165) is 51.6 Å². The fraction of sp³-hybridized carbons (Fsp3) is 0.450. The lowest BCUT2D eigenvalue weighted by atomic mass is 10.1. The molecule has 0 radical (unpaired) electrons. The molecule has 0 spiro atoms. The van der Waals surface area contributed by atoms with Crippen molar-refractivity contribution in [2.75, 3.05) is 46.5 Å². The Kier molecular flexibility index (Phi) is 10.0. The van der Waals surface area contributed by atoms with Crippen molar-refractivity contribution in [3.05, 3.63) is 40.6 Å². The molecular formula is C20H29IN4O2S. The average Bonchev–Trinajstić information content (AvgIpc) is 3.19. The van der Waals surface area contributed by atoms with E-state index in [0.29, 0.717) is 12.5 Å². The number of benzene rings is 1. The van der Waals surface area contributed by atoms with Gasteiger partial charge in [-0.3, -0.25) is 4.90 Å². The predicted molar refractivity (Wildman–Crippen MR) is 127 cm³/mol. The molecule has 0 amide bonds. The van der Waals surface area contributed by atoms with Crippen LogP contribution in [-0.2, 0) is 11.3 Å². The number of rotatable bonds is 8. The van der Waals surface area contributed by atoms with Crippen LogP contribution in [0.1, 0.15) is 11.3 Å². The minimum atomic E-state index is 0. The zero-order valence-electron chi connectivity index (χ0n) is 16.2. The zero-order valence-corrected chi connectivity index (χ0v) is 19.4. The first-order valence-electron chi connectivity index (χ1n) is 9.30. The number of aliphatic imine (C=N–C) groups is 1. The monoisotopic (exact) mass is 516 g/mol. The third-order valence-electron chi connectivity index (χ3n) is 4.54. The van der Waals surface area contributed by atoms with Crippen molar-refractivity contribution in [2.45, 2.75) is 13.0 Å². The van der Waals surface area contributed by atoms with Crippen molar-refractivity contribution in [2.24, 2.45) is 10.7 Å². The summed E-state index contributed by atoms with van der Waals surface area (Å²) in [6, 6.07) is 10.3. The van der Waals surface area contributed by atoms with Gasteiger partial charge in [-0.2, -0.15) is 0 Å². The third-order valence-corrected chi connectivity index (χ3v) is 5.46. The van der Waals surface area contributed by atoms with Crippen molar-refractivity contribution in [3.63, 3.8) is 0 Å². The molecule has 1 aliphatic rings. The van der Waals surface area contributed by atoms with Gasteiger partial charge in [0.15, 0.2) is 5.96 Å². The molecule has 1 fully saturated rings. The summed E-state index contributed by atoms with van der Waals surface area (Å²) in [6.07, 6.45) is 1.05. The molecule has 1 saturated heterocycles. The fourth-order valence-electron chi connectivity index (χ4n) is 2.96. The van der Waals surface area contributed by atoms with Crippen molar-refractivity contribution < 1.29 is 9.47 Å². The lowest BCUT2D eigenvalue weighted by Crippen LogP contribution is -2.39. The Hall–Kier alpha value is -1.36. The summed E-state index contributed by atoms with van der Waals surface area (Å²) >= 11 is 1.70. The summed E-state index contributed by atoms with van der Waals surface area (Å²) in [7, 11) is 1.68. The fourth-order valence-corrected chi connectivity index (χ4v) is 3.78. The highest BCUT2D eigenvalue weighted by atomic mass is 127. The average molecular weight is 516 g/mol. The molecule has 1 aromatic carbocycles. The highest BCUT2D eigenvalue weighted by Gasteiger charge is 2.09. The first kappa shape index (κ1) is 22.9. The maximum Gasteiger partial charge on any atom is 0.188 e. The number of morpholine rings is 1. The number of nitrogens with two attached hydrogens (primary N) is 1. The smallest absolute Gasteiger partial charge is 0.188 e. The van der Waals surface area contributed by atoms with Crippen LogP contribution in [0.2, 0.25) is 0 Å². The Balaban J connectivity index is 0.00000280. The molecule has 0 aliphatic carbocycles. The lowest BCUT2D eigenvalue weighted by molar-refractivity contribution is 0.0376. The van der Waals surface area contributed by atoms with E-state index < -0.39 is 0 Å². The molecule has 8 heteroatoms. The number of hydrogen-bond donors (Lipinski definition) is 2. The van der Waals surface area contributed by atoms with Crippen LogP contribution < -0.4 is 15.8 Å². The summed E-state index contributed by atoms with van der Waals surface area (Å²) in [6.45, 7) is 6.25. The first-order chi connectivity index (χ1) is 13.2. The largest absolute Gasteiger partial charge is 0.497 e. The van der Waals surface area contributed by atoms with Gasteiger partial charge in [-0.05, 0) is 47.7 Å². The SMILES string of the molecule is COc1ccc(-c2csc(CN=C(N)NCCCN3CCOCC3)c2)cc1.I. The molecule has 3 N–H and O–H groups in total. The number of methoxy groups -OCH3 is 1. The standard InChI is InChI=1S/C20H28N4O2S.HI/c1-25-18-5-3-16(4-6-18)17-13-19(27-15-17)14-23-20(21)22-7-2-8-24-9-11-26-12-10-24;/h3-6,13,15H,2,7-12,14H2,1H3,(H3,21,22,23);1H. The molecule has 2 aromatic rings. The van der Waals surface area contributed by atoms with E-state index in [9.17, 15) is 0 Å². The highest BCUT2D eigenvalue weighted by Crippen LogP contribution is 2.27. The van der Waals surface area contributed by atoms with E-state index in [4.69, 9.17) is 15.2 Å². The summed E-state index contributed by atoms with van der Waals surface area (Å²) in [5.74, 6) is 1.38. The van der Waals surface area contributed by atoms with E-state index in [1.165, 1.54) is 16.0 Å². The second kappa shape index (κ2) is 12.3. The Bertz CT molecular complexity index is 730. The van der Waals surface area contributed by atoms with Gasteiger partial charge in [-0.1, -0.05) is 12.1 Å². The molecule has 0 bridgehead atoms. The number of ether oxygens (including phenoxy) is 2. The lowest BCUT2D eigenvalue weighted by Gasteiger charge is -2.26. The number of nitrogens with zero attached hydrogens (tertiary/aromatic N) is 2. The molecule has 3 rings (SSSR count). The molecule has 28 heavy (non-hydrogen) atoms. The normalized spacial score (nSPS) is 15.1. The second-order valence-corrected chi connectivity index (χ2v) is 7.46. The number of guanidine groups is 1. The zero-order chi connectivity index (χ0) is 18.9. The van der Waals surface area contributed by atoms with Gasteiger partial charge in [-0.25, -0.2) is 4.99 Å². The molecule has 1 aromatic heterocycles. The number of nitrogens with one attached hydrogen (secondary N) is 1. The Morgan fingerprint density at radius 1 is 1.25 bits per heavy atom. The second-order valence-electron chi connectivity index (χ2n) is 6.47. The minimum absolute atomic E-state index is 0. The van der Waals surface area contributed by atoms with Crippen molar-refractivity contribution in [1.82, 2.24) is 10.2 Å². The molecule has 2 heterocycles. The van der Waals surface area contributed by atoms with Crippen LogP contribution >= 0.6 is 35.3 Å². The van der Waals surface area contributed by atoms with Crippen molar-refractivity contribution >= 4 is 41.3 Å². The summed E-state index contributed by atoms with van der Waals surface area (Å²) in [4.78, 5) is 8.07. The van der Waals surface area contributed by atoms with Gasteiger partial charge in [0.25, 0.3) is 0 Å². The van der Waals surface area contributed by atoms with Crippen molar-refractivity contribution in [1.29, 1.82) is 0 Å². The molecular weight excluding hydrogens is 487 g/mol. The summed E-state index contributed by atoms with van der Waals surface area (Å²) in [5.41, 5.74) is 8.36. The molecule has 0 saturated carbocycles. The maximum absolute atomic E-state index is 5.99. The first-order valence-corrected chi connectivity index (χ1v) is 10.2. The van der Waals surface area contributed by atoms with E-state index in [2.05, 4.69) is 38.8 Å². The van der Waals surface area contributed by atoms with Crippen LogP contribution in [0.4, 0.5) is 0 Å². The Morgan fingerprint density at radius 2 is 2.00 bits per heavy atom. The van der Waals surface area contributed by atoms with Gasteiger partial charge in [0, 0.05) is 24.5 Å². The number of thiophene rings is 1. The van der Waals surface area contributed by atoms with Gasteiger partial charge in [0.05, 0.1) is 26.9 Å².